The highest BCUT2D eigenvalue weighted by molar-refractivity contribution is 7.91. The minimum atomic E-state index is -3.12. The molecule has 0 aliphatic carbocycles. The van der Waals surface area contributed by atoms with E-state index in [9.17, 15) is 18.0 Å². The van der Waals surface area contributed by atoms with Crippen molar-refractivity contribution in [3.63, 3.8) is 0 Å². The first-order valence-corrected chi connectivity index (χ1v) is 12.4. The van der Waals surface area contributed by atoms with E-state index in [1.165, 1.54) is 16.2 Å². The number of thiophene rings is 1. The first-order valence-electron chi connectivity index (χ1n) is 9.70. The Hall–Kier alpha value is -2.65. The van der Waals surface area contributed by atoms with Gasteiger partial charge in [0.1, 0.15) is 6.04 Å². The van der Waals surface area contributed by atoms with Crippen molar-refractivity contribution in [3.05, 3.63) is 58.4 Å². The number of rotatable bonds is 6. The molecule has 2 atom stereocenters. The van der Waals surface area contributed by atoms with Crippen LogP contribution in [0.1, 0.15) is 21.7 Å². The molecule has 2 N–H and O–H groups in total. The SMILES string of the molecule is CN(C(=O)[C@H](Cc1c[nH]c2ccccc12)NC(=O)c1cccs1)[C@@H]1CCS(=O)(=O)C1. The predicted molar refractivity (Wildman–Crippen MR) is 117 cm³/mol. The minimum Gasteiger partial charge on any atom is -0.361 e. The molecule has 2 aromatic heterocycles. The molecule has 7 nitrogen and oxygen atoms in total. The number of hydrogen-bond acceptors (Lipinski definition) is 5. The quantitative estimate of drug-likeness (QED) is 0.608. The maximum atomic E-state index is 13.3. The second-order valence-electron chi connectivity index (χ2n) is 7.57. The molecule has 1 aromatic carbocycles. The zero-order valence-corrected chi connectivity index (χ0v) is 18.1. The number of nitrogens with one attached hydrogen (secondary N) is 2. The van der Waals surface area contributed by atoms with Crippen LogP contribution in [-0.2, 0) is 21.1 Å². The molecule has 2 amide bonds. The smallest absolute Gasteiger partial charge is 0.262 e. The van der Waals surface area contributed by atoms with E-state index >= 15 is 0 Å². The van der Waals surface area contributed by atoms with E-state index in [0.29, 0.717) is 17.7 Å². The third-order valence-corrected chi connectivity index (χ3v) is 8.17. The van der Waals surface area contributed by atoms with Crippen molar-refractivity contribution < 1.29 is 18.0 Å². The van der Waals surface area contributed by atoms with E-state index in [-0.39, 0.29) is 29.4 Å². The summed E-state index contributed by atoms with van der Waals surface area (Å²) in [4.78, 5) is 31.2. The van der Waals surface area contributed by atoms with Gasteiger partial charge in [-0.05, 0) is 29.5 Å². The Morgan fingerprint density at radius 2 is 2.07 bits per heavy atom. The topological polar surface area (TPSA) is 99.3 Å². The number of benzene rings is 1. The molecule has 0 saturated carbocycles. The Kier molecular flexibility index (Phi) is 5.66. The van der Waals surface area contributed by atoms with E-state index in [1.807, 2.05) is 30.5 Å². The molecule has 1 aliphatic heterocycles. The fourth-order valence-electron chi connectivity index (χ4n) is 3.86. The molecule has 1 aliphatic rings. The number of aromatic amines is 1. The zero-order valence-electron chi connectivity index (χ0n) is 16.5. The Balaban J connectivity index is 1.59. The molecule has 0 spiro atoms. The summed E-state index contributed by atoms with van der Waals surface area (Å²) in [5, 5.41) is 5.66. The molecule has 4 rings (SSSR count). The molecule has 0 bridgehead atoms. The van der Waals surface area contributed by atoms with Crippen LogP contribution in [0.25, 0.3) is 10.9 Å². The van der Waals surface area contributed by atoms with Crippen LogP contribution in [0.15, 0.2) is 48.0 Å². The van der Waals surface area contributed by atoms with E-state index in [1.54, 1.807) is 24.6 Å². The molecule has 3 heterocycles. The van der Waals surface area contributed by atoms with Gasteiger partial charge in [0.25, 0.3) is 5.91 Å². The maximum absolute atomic E-state index is 13.3. The standard InChI is InChI=1S/C21H23N3O4S2/c1-24(15-8-10-30(27,28)13-15)21(26)18(23-20(25)19-7-4-9-29-19)11-14-12-22-17-6-3-2-5-16(14)17/h2-7,9,12,15,18,22H,8,10-11,13H2,1H3,(H,23,25)/t15-,18+/m1/s1. The first-order chi connectivity index (χ1) is 14.3. The average molecular weight is 446 g/mol. The normalized spacial score (nSPS) is 18.9. The zero-order chi connectivity index (χ0) is 21.3. The third kappa shape index (κ3) is 4.27. The number of aromatic nitrogens is 1. The number of fused-ring (bicyclic) bond motifs is 1. The van der Waals surface area contributed by atoms with Gasteiger partial charge in [-0.25, -0.2) is 8.42 Å². The van der Waals surface area contributed by atoms with Gasteiger partial charge in [-0.2, -0.15) is 0 Å². The summed E-state index contributed by atoms with van der Waals surface area (Å²) >= 11 is 1.31. The Morgan fingerprint density at radius 1 is 1.27 bits per heavy atom. The van der Waals surface area contributed by atoms with Crippen LogP contribution in [0.5, 0.6) is 0 Å². The van der Waals surface area contributed by atoms with Crippen LogP contribution in [-0.4, -0.2) is 60.8 Å². The summed E-state index contributed by atoms with van der Waals surface area (Å²) in [5.41, 5.74) is 1.88. The van der Waals surface area contributed by atoms with Crippen LogP contribution in [0.2, 0.25) is 0 Å². The fourth-order valence-corrected chi connectivity index (χ4v) is 6.27. The summed E-state index contributed by atoms with van der Waals surface area (Å²) in [6.07, 6.45) is 2.58. The molecule has 1 saturated heterocycles. The van der Waals surface area contributed by atoms with Gasteiger partial charge < -0.3 is 15.2 Å². The maximum Gasteiger partial charge on any atom is 0.262 e. The number of carbonyl (C=O) groups is 2. The lowest BCUT2D eigenvalue weighted by atomic mass is 10.0. The average Bonchev–Trinajstić information content (AvgIpc) is 3.46. The summed E-state index contributed by atoms with van der Waals surface area (Å²) in [6, 6.07) is 10.1. The number of carbonyl (C=O) groups excluding carboxylic acids is 2. The summed E-state index contributed by atoms with van der Waals surface area (Å²) < 4.78 is 23.7. The first kappa shape index (κ1) is 20.6. The Bertz CT molecular complexity index is 1170. The summed E-state index contributed by atoms with van der Waals surface area (Å²) in [6.45, 7) is 0. The number of H-pyrrole nitrogens is 1. The lowest BCUT2D eigenvalue weighted by Gasteiger charge is -2.28. The molecule has 0 radical (unpaired) electrons. The number of likely N-dealkylation sites (N-methyl/N-ethyl adjacent to an activating group) is 1. The van der Waals surface area contributed by atoms with E-state index in [2.05, 4.69) is 10.3 Å². The Labute approximate surface area is 179 Å². The summed E-state index contributed by atoms with van der Waals surface area (Å²) in [7, 11) is -1.50. The molecule has 1 fully saturated rings. The van der Waals surface area contributed by atoms with Gasteiger partial charge >= 0.3 is 0 Å². The van der Waals surface area contributed by atoms with Crippen LogP contribution >= 0.6 is 11.3 Å². The monoisotopic (exact) mass is 445 g/mol. The molecule has 9 heteroatoms. The molecule has 0 unspecified atom stereocenters. The molecule has 158 valence electrons. The van der Waals surface area contributed by atoms with Crippen LogP contribution in [0.3, 0.4) is 0 Å². The van der Waals surface area contributed by atoms with Gasteiger partial charge in [0.05, 0.1) is 16.4 Å². The van der Waals surface area contributed by atoms with Crippen LogP contribution in [0.4, 0.5) is 0 Å². The van der Waals surface area contributed by atoms with Crippen molar-refractivity contribution >= 4 is 43.9 Å². The number of para-hydroxylation sites is 1. The van der Waals surface area contributed by atoms with Crippen molar-refractivity contribution in [2.24, 2.45) is 0 Å². The van der Waals surface area contributed by atoms with Crippen molar-refractivity contribution in [2.45, 2.75) is 24.9 Å². The van der Waals surface area contributed by atoms with E-state index in [4.69, 9.17) is 0 Å². The van der Waals surface area contributed by atoms with Gasteiger partial charge in [0.2, 0.25) is 5.91 Å². The van der Waals surface area contributed by atoms with Gasteiger partial charge in [-0.3, -0.25) is 9.59 Å². The van der Waals surface area contributed by atoms with Crippen molar-refractivity contribution in [1.29, 1.82) is 0 Å². The lowest BCUT2D eigenvalue weighted by molar-refractivity contribution is -0.133. The number of amides is 2. The minimum absolute atomic E-state index is 0.0338. The molecular formula is C21H23N3O4S2. The predicted octanol–water partition coefficient (Wildman–Crippen LogP) is 2.22. The van der Waals surface area contributed by atoms with Crippen molar-refractivity contribution in [2.75, 3.05) is 18.6 Å². The van der Waals surface area contributed by atoms with Gasteiger partial charge in [0.15, 0.2) is 9.84 Å². The molecule has 30 heavy (non-hydrogen) atoms. The van der Waals surface area contributed by atoms with E-state index < -0.39 is 15.9 Å². The number of hydrogen-bond donors (Lipinski definition) is 2. The highest BCUT2D eigenvalue weighted by Crippen LogP contribution is 2.22. The number of nitrogens with zero attached hydrogens (tertiary/aromatic N) is 1. The van der Waals surface area contributed by atoms with E-state index in [0.717, 1.165) is 16.5 Å². The van der Waals surface area contributed by atoms with Gasteiger partial charge in [-0.1, -0.05) is 24.3 Å². The lowest BCUT2D eigenvalue weighted by Crippen LogP contribution is -2.51. The van der Waals surface area contributed by atoms with Crippen LogP contribution < -0.4 is 5.32 Å². The van der Waals surface area contributed by atoms with Gasteiger partial charge in [0, 0.05) is 36.6 Å². The van der Waals surface area contributed by atoms with Crippen molar-refractivity contribution in [1.82, 2.24) is 15.2 Å². The highest BCUT2D eigenvalue weighted by Gasteiger charge is 2.35. The highest BCUT2D eigenvalue weighted by atomic mass is 32.2. The summed E-state index contributed by atoms with van der Waals surface area (Å²) in [5.74, 6) is -0.541. The van der Waals surface area contributed by atoms with Crippen molar-refractivity contribution in [3.8, 4) is 0 Å². The van der Waals surface area contributed by atoms with Gasteiger partial charge in [-0.15, -0.1) is 11.3 Å². The Morgan fingerprint density at radius 3 is 2.77 bits per heavy atom. The second kappa shape index (κ2) is 8.23. The second-order valence-corrected chi connectivity index (χ2v) is 10.7. The fraction of sp³-hybridized carbons (Fsp3) is 0.333. The van der Waals surface area contributed by atoms with Crippen LogP contribution in [0, 0.1) is 0 Å². The third-order valence-electron chi connectivity index (χ3n) is 5.55. The largest absolute Gasteiger partial charge is 0.361 e. The molecular weight excluding hydrogens is 422 g/mol. The number of sulfone groups is 1. The molecule has 3 aromatic rings.